The van der Waals surface area contributed by atoms with Gasteiger partial charge in [-0.15, -0.1) is 0 Å². The molecule has 1 saturated heterocycles. The van der Waals surface area contributed by atoms with Gasteiger partial charge in [-0.25, -0.2) is 0 Å². The van der Waals surface area contributed by atoms with E-state index in [1.807, 2.05) is 6.07 Å². The second-order valence-corrected chi connectivity index (χ2v) is 4.74. The summed E-state index contributed by atoms with van der Waals surface area (Å²) in [6.45, 7) is 4.13. The van der Waals surface area contributed by atoms with Crippen LogP contribution in [0.2, 0.25) is 5.02 Å². The highest BCUT2D eigenvalue weighted by Crippen LogP contribution is 2.42. The molecule has 0 radical (unpaired) electrons. The number of hydrogen-bond acceptors (Lipinski definition) is 3. The Morgan fingerprint density at radius 2 is 2.00 bits per heavy atom. The molecule has 1 N–H and O–H groups in total. The van der Waals surface area contributed by atoms with Gasteiger partial charge in [-0.1, -0.05) is 11.6 Å². The van der Waals surface area contributed by atoms with E-state index in [4.69, 9.17) is 21.1 Å². The standard InChI is InChI=1S/C13H18ClNO2/c1-8-10(9-4-5-15-7-9)6-11(14)13(17-3)12(8)16-2/h6,9,15H,4-5,7H2,1-3H3. The number of ether oxygens (including phenoxy) is 2. The lowest BCUT2D eigenvalue weighted by Crippen LogP contribution is -2.09. The van der Waals surface area contributed by atoms with Crippen molar-refractivity contribution >= 4 is 11.6 Å². The summed E-state index contributed by atoms with van der Waals surface area (Å²) in [6.07, 6.45) is 1.15. The zero-order valence-electron chi connectivity index (χ0n) is 10.5. The van der Waals surface area contributed by atoms with Crippen molar-refractivity contribution in [2.45, 2.75) is 19.3 Å². The fourth-order valence-electron chi connectivity index (χ4n) is 2.50. The summed E-state index contributed by atoms with van der Waals surface area (Å²) in [5.74, 6) is 1.90. The van der Waals surface area contributed by atoms with E-state index in [2.05, 4.69) is 12.2 Å². The quantitative estimate of drug-likeness (QED) is 0.901. The Morgan fingerprint density at radius 3 is 2.53 bits per heavy atom. The van der Waals surface area contributed by atoms with E-state index in [1.165, 1.54) is 5.56 Å². The molecule has 1 aliphatic heterocycles. The predicted molar refractivity (Wildman–Crippen MR) is 69.5 cm³/mol. The first-order valence-corrected chi connectivity index (χ1v) is 6.18. The van der Waals surface area contributed by atoms with Crippen LogP contribution in [0.15, 0.2) is 6.07 Å². The van der Waals surface area contributed by atoms with E-state index in [0.717, 1.165) is 30.8 Å². The highest BCUT2D eigenvalue weighted by atomic mass is 35.5. The van der Waals surface area contributed by atoms with Crippen molar-refractivity contribution in [3.63, 3.8) is 0 Å². The molecule has 0 spiro atoms. The molecule has 1 aromatic rings. The number of hydrogen-bond donors (Lipinski definition) is 1. The predicted octanol–water partition coefficient (Wildman–Crippen LogP) is 2.74. The van der Waals surface area contributed by atoms with Gasteiger partial charge < -0.3 is 14.8 Å². The van der Waals surface area contributed by atoms with Crippen molar-refractivity contribution in [2.24, 2.45) is 0 Å². The largest absolute Gasteiger partial charge is 0.493 e. The lowest BCUT2D eigenvalue weighted by Gasteiger charge is -2.19. The van der Waals surface area contributed by atoms with Crippen molar-refractivity contribution in [2.75, 3.05) is 27.3 Å². The normalized spacial score (nSPS) is 19.4. The first-order chi connectivity index (χ1) is 8.19. The van der Waals surface area contributed by atoms with Crippen LogP contribution < -0.4 is 14.8 Å². The molecule has 94 valence electrons. The molecule has 2 rings (SSSR count). The minimum Gasteiger partial charge on any atom is -0.493 e. The number of methoxy groups -OCH3 is 2. The summed E-state index contributed by atoms with van der Waals surface area (Å²) in [4.78, 5) is 0. The topological polar surface area (TPSA) is 30.5 Å². The first kappa shape index (κ1) is 12.5. The summed E-state index contributed by atoms with van der Waals surface area (Å²) < 4.78 is 10.7. The third kappa shape index (κ3) is 2.22. The number of benzene rings is 1. The van der Waals surface area contributed by atoms with E-state index >= 15 is 0 Å². The van der Waals surface area contributed by atoms with Crippen LogP contribution >= 0.6 is 11.6 Å². The van der Waals surface area contributed by atoms with Gasteiger partial charge in [0.15, 0.2) is 11.5 Å². The van der Waals surface area contributed by atoms with Crippen LogP contribution in [-0.4, -0.2) is 27.3 Å². The molecular weight excluding hydrogens is 238 g/mol. The third-order valence-electron chi connectivity index (χ3n) is 3.39. The van der Waals surface area contributed by atoms with Crippen molar-refractivity contribution < 1.29 is 9.47 Å². The maximum Gasteiger partial charge on any atom is 0.179 e. The Hall–Kier alpha value is -0.930. The molecule has 0 aromatic heterocycles. The molecule has 1 unspecified atom stereocenters. The Morgan fingerprint density at radius 1 is 1.29 bits per heavy atom. The summed E-state index contributed by atoms with van der Waals surface area (Å²) in [7, 11) is 3.26. The Labute approximate surface area is 107 Å². The molecule has 4 heteroatoms. The summed E-state index contributed by atoms with van der Waals surface area (Å²) in [5, 5.41) is 3.99. The minimum absolute atomic E-state index is 0.521. The van der Waals surface area contributed by atoms with Crippen LogP contribution in [0.3, 0.4) is 0 Å². The lowest BCUT2D eigenvalue weighted by atomic mass is 9.93. The smallest absolute Gasteiger partial charge is 0.179 e. The molecule has 0 bridgehead atoms. The van der Waals surface area contributed by atoms with Gasteiger partial charge in [0.25, 0.3) is 0 Å². The molecular formula is C13H18ClNO2. The van der Waals surface area contributed by atoms with E-state index in [0.29, 0.717) is 16.7 Å². The van der Waals surface area contributed by atoms with Crippen LogP contribution in [0.5, 0.6) is 11.5 Å². The molecule has 1 aromatic carbocycles. The Kier molecular flexibility index (Phi) is 3.79. The van der Waals surface area contributed by atoms with Crippen LogP contribution in [-0.2, 0) is 0 Å². The molecule has 1 aliphatic rings. The highest BCUT2D eigenvalue weighted by molar-refractivity contribution is 6.32. The number of halogens is 1. The van der Waals surface area contributed by atoms with E-state index in [1.54, 1.807) is 14.2 Å². The van der Waals surface area contributed by atoms with E-state index in [9.17, 15) is 0 Å². The lowest BCUT2D eigenvalue weighted by molar-refractivity contribution is 0.352. The van der Waals surface area contributed by atoms with Crippen molar-refractivity contribution in [3.05, 3.63) is 22.2 Å². The van der Waals surface area contributed by atoms with Gasteiger partial charge in [-0.2, -0.15) is 0 Å². The Bertz CT molecular complexity index is 414. The van der Waals surface area contributed by atoms with Crippen LogP contribution in [0.25, 0.3) is 0 Å². The molecule has 0 amide bonds. The van der Waals surface area contributed by atoms with Crippen molar-refractivity contribution in [1.82, 2.24) is 5.32 Å². The van der Waals surface area contributed by atoms with Gasteiger partial charge >= 0.3 is 0 Å². The fraction of sp³-hybridized carbons (Fsp3) is 0.538. The zero-order valence-corrected chi connectivity index (χ0v) is 11.2. The van der Waals surface area contributed by atoms with Crippen molar-refractivity contribution in [3.8, 4) is 11.5 Å². The average molecular weight is 256 g/mol. The van der Waals surface area contributed by atoms with Gasteiger partial charge in [-0.3, -0.25) is 0 Å². The minimum atomic E-state index is 0.521. The van der Waals surface area contributed by atoms with Crippen LogP contribution in [0.1, 0.15) is 23.5 Å². The SMILES string of the molecule is COc1c(Cl)cc(C2CCNC2)c(C)c1OC. The van der Waals surface area contributed by atoms with Gasteiger partial charge in [0.1, 0.15) is 0 Å². The highest BCUT2D eigenvalue weighted by Gasteiger charge is 2.23. The first-order valence-electron chi connectivity index (χ1n) is 5.80. The molecule has 1 atom stereocenters. The summed E-state index contributed by atoms with van der Waals surface area (Å²) >= 11 is 6.24. The van der Waals surface area contributed by atoms with Gasteiger partial charge in [-0.05, 0) is 43.0 Å². The monoisotopic (exact) mass is 255 g/mol. The van der Waals surface area contributed by atoms with Crippen molar-refractivity contribution in [1.29, 1.82) is 0 Å². The maximum atomic E-state index is 6.24. The average Bonchev–Trinajstić information content (AvgIpc) is 2.84. The van der Waals surface area contributed by atoms with Gasteiger partial charge in [0.2, 0.25) is 0 Å². The molecule has 0 aliphatic carbocycles. The Balaban J connectivity index is 2.50. The summed E-state index contributed by atoms with van der Waals surface area (Å²) in [6, 6.07) is 2.01. The van der Waals surface area contributed by atoms with E-state index < -0.39 is 0 Å². The second-order valence-electron chi connectivity index (χ2n) is 4.33. The van der Waals surface area contributed by atoms with Gasteiger partial charge in [0, 0.05) is 6.54 Å². The molecule has 17 heavy (non-hydrogen) atoms. The van der Waals surface area contributed by atoms with Crippen LogP contribution in [0, 0.1) is 6.92 Å². The number of rotatable bonds is 3. The zero-order chi connectivity index (χ0) is 12.4. The summed E-state index contributed by atoms with van der Waals surface area (Å²) in [5.41, 5.74) is 2.39. The van der Waals surface area contributed by atoms with Crippen LogP contribution in [0.4, 0.5) is 0 Å². The molecule has 1 heterocycles. The third-order valence-corrected chi connectivity index (χ3v) is 3.67. The maximum absolute atomic E-state index is 6.24. The van der Waals surface area contributed by atoms with E-state index in [-0.39, 0.29) is 0 Å². The number of nitrogens with one attached hydrogen (secondary N) is 1. The molecule has 0 saturated carbocycles. The fourth-order valence-corrected chi connectivity index (χ4v) is 2.78. The molecule has 1 fully saturated rings. The molecule has 3 nitrogen and oxygen atoms in total. The second kappa shape index (κ2) is 5.15. The van der Waals surface area contributed by atoms with Gasteiger partial charge in [0.05, 0.1) is 19.2 Å².